The number of hydrogen-bond donors (Lipinski definition) is 2. The van der Waals surface area contributed by atoms with Crippen LogP contribution in [-0.4, -0.2) is 28.2 Å². The predicted molar refractivity (Wildman–Crippen MR) is 67.3 cm³/mol. The van der Waals surface area contributed by atoms with Gasteiger partial charge in [0.05, 0.1) is 22.7 Å². The molecule has 0 radical (unpaired) electrons. The van der Waals surface area contributed by atoms with Crippen LogP contribution in [0.15, 0.2) is 18.2 Å². The fourth-order valence-electron chi connectivity index (χ4n) is 1.25. The molecule has 1 aromatic carbocycles. The van der Waals surface area contributed by atoms with Crippen molar-refractivity contribution in [3.05, 3.63) is 33.8 Å². The summed E-state index contributed by atoms with van der Waals surface area (Å²) in [5.74, 6) is -0.283. The van der Waals surface area contributed by atoms with Gasteiger partial charge in [0.25, 0.3) is 5.91 Å². The van der Waals surface area contributed by atoms with Gasteiger partial charge in [-0.05, 0) is 12.1 Å². The first-order chi connectivity index (χ1) is 8.61. The summed E-state index contributed by atoms with van der Waals surface area (Å²) in [6.07, 6.45) is 0. The van der Waals surface area contributed by atoms with Gasteiger partial charge in [-0.15, -0.1) is 5.10 Å². The Balaban J connectivity index is 2.19. The van der Waals surface area contributed by atoms with E-state index in [0.29, 0.717) is 5.02 Å². The highest BCUT2D eigenvalue weighted by molar-refractivity contribution is 6.44. The minimum Gasteiger partial charge on any atom is -0.466 e. The molecule has 0 fully saturated rings. The van der Waals surface area contributed by atoms with E-state index in [-0.39, 0.29) is 22.5 Å². The summed E-state index contributed by atoms with van der Waals surface area (Å²) in [7, 11) is 1.42. The van der Waals surface area contributed by atoms with Gasteiger partial charge in [-0.3, -0.25) is 10.1 Å². The lowest BCUT2D eigenvalue weighted by Crippen LogP contribution is -2.13. The Bertz CT molecular complexity index is 585. The molecule has 0 aliphatic heterocycles. The van der Waals surface area contributed by atoms with Gasteiger partial charge in [0.2, 0.25) is 5.95 Å². The number of rotatable bonds is 3. The van der Waals surface area contributed by atoms with Gasteiger partial charge in [0.1, 0.15) is 0 Å². The number of aromatic nitrogens is 3. The molecule has 0 bridgehead atoms. The third-order valence-corrected chi connectivity index (χ3v) is 2.89. The number of halogens is 2. The Morgan fingerprint density at radius 3 is 2.89 bits per heavy atom. The van der Waals surface area contributed by atoms with Crippen LogP contribution >= 0.6 is 23.2 Å². The number of amides is 1. The monoisotopic (exact) mass is 286 g/mol. The van der Waals surface area contributed by atoms with Crippen LogP contribution in [0, 0.1) is 0 Å². The van der Waals surface area contributed by atoms with Crippen molar-refractivity contribution in [1.29, 1.82) is 0 Å². The van der Waals surface area contributed by atoms with Gasteiger partial charge in [0, 0.05) is 0 Å². The molecular weight excluding hydrogens is 279 g/mol. The van der Waals surface area contributed by atoms with Crippen molar-refractivity contribution in [2.24, 2.45) is 0 Å². The van der Waals surface area contributed by atoms with Crippen LogP contribution in [0.5, 0.6) is 6.01 Å². The molecule has 1 heterocycles. The number of nitrogens with zero attached hydrogens (tertiary/aromatic N) is 2. The predicted octanol–water partition coefficient (Wildman–Crippen LogP) is 2.37. The van der Waals surface area contributed by atoms with Crippen molar-refractivity contribution in [2.75, 3.05) is 12.4 Å². The average Bonchev–Trinajstić information content (AvgIpc) is 2.80. The van der Waals surface area contributed by atoms with Crippen molar-refractivity contribution in [3.8, 4) is 6.01 Å². The number of nitrogens with one attached hydrogen (secondary N) is 2. The van der Waals surface area contributed by atoms with Gasteiger partial charge >= 0.3 is 6.01 Å². The number of ether oxygens (including phenoxy) is 1. The Morgan fingerprint density at radius 2 is 2.22 bits per heavy atom. The second kappa shape index (κ2) is 5.24. The zero-order valence-electron chi connectivity index (χ0n) is 9.20. The Kier molecular flexibility index (Phi) is 3.69. The molecule has 1 amide bonds. The SMILES string of the molecule is COc1n[nH]c(NC(=O)c2cccc(Cl)c2Cl)n1. The molecule has 0 unspecified atom stereocenters. The zero-order valence-corrected chi connectivity index (χ0v) is 10.7. The van der Waals surface area contributed by atoms with Gasteiger partial charge in [-0.2, -0.15) is 4.98 Å². The van der Waals surface area contributed by atoms with Crippen molar-refractivity contribution in [1.82, 2.24) is 15.2 Å². The minimum absolute atomic E-state index is 0.127. The van der Waals surface area contributed by atoms with E-state index < -0.39 is 5.91 Å². The van der Waals surface area contributed by atoms with E-state index >= 15 is 0 Å². The maximum atomic E-state index is 11.9. The average molecular weight is 287 g/mol. The van der Waals surface area contributed by atoms with E-state index in [4.69, 9.17) is 27.9 Å². The molecule has 0 saturated heterocycles. The molecule has 94 valence electrons. The standard InChI is InChI=1S/C10H8Cl2N4O2/c1-18-10-14-9(15-16-10)13-8(17)5-3-2-4-6(11)7(5)12/h2-4H,1H3,(H2,13,14,15,16,17). The first kappa shape index (κ1) is 12.7. The molecule has 0 spiro atoms. The fourth-order valence-corrected chi connectivity index (χ4v) is 1.63. The van der Waals surface area contributed by atoms with E-state index in [1.807, 2.05) is 0 Å². The molecule has 1 aromatic heterocycles. The lowest BCUT2D eigenvalue weighted by Gasteiger charge is -2.04. The normalized spacial score (nSPS) is 10.2. The zero-order chi connectivity index (χ0) is 13.1. The fraction of sp³-hybridized carbons (Fsp3) is 0.100. The van der Waals surface area contributed by atoms with E-state index in [1.54, 1.807) is 18.2 Å². The molecule has 2 rings (SSSR count). The summed E-state index contributed by atoms with van der Waals surface area (Å²) >= 11 is 11.7. The third-order valence-electron chi connectivity index (χ3n) is 2.08. The number of carbonyl (C=O) groups is 1. The molecular formula is C10H8Cl2N4O2. The number of anilines is 1. The van der Waals surface area contributed by atoms with Gasteiger partial charge in [-0.25, -0.2) is 5.10 Å². The van der Waals surface area contributed by atoms with Crippen molar-refractivity contribution >= 4 is 35.1 Å². The maximum Gasteiger partial charge on any atom is 0.336 e. The Labute approximate surface area is 112 Å². The molecule has 18 heavy (non-hydrogen) atoms. The van der Waals surface area contributed by atoms with Gasteiger partial charge in [0.15, 0.2) is 0 Å². The van der Waals surface area contributed by atoms with Crippen LogP contribution in [0.2, 0.25) is 10.0 Å². The van der Waals surface area contributed by atoms with E-state index in [9.17, 15) is 4.79 Å². The summed E-state index contributed by atoms with van der Waals surface area (Å²) in [4.78, 5) is 15.8. The quantitative estimate of drug-likeness (QED) is 0.908. The van der Waals surface area contributed by atoms with Crippen molar-refractivity contribution in [2.45, 2.75) is 0 Å². The van der Waals surface area contributed by atoms with Crippen molar-refractivity contribution < 1.29 is 9.53 Å². The van der Waals surface area contributed by atoms with Gasteiger partial charge < -0.3 is 4.74 Å². The van der Waals surface area contributed by atoms with Crippen LogP contribution in [-0.2, 0) is 0 Å². The first-order valence-electron chi connectivity index (χ1n) is 4.83. The largest absolute Gasteiger partial charge is 0.466 e. The lowest BCUT2D eigenvalue weighted by atomic mass is 10.2. The Hall–Kier alpha value is -1.79. The first-order valence-corrected chi connectivity index (χ1v) is 5.59. The van der Waals surface area contributed by atoms with E-state index in [1.165, 1.54) is 7.11 Å². The van der Waals surface area contributed by atoms with Crippen LogP contribution in [0.3, 0.4) is 0 Å². The summed E-state index contributed by atoms with van der Waals surface area (Å²) in [5, 5.41) is 9.16. The Morgan fingerprint density at radius 1 is 1.44 bits per heavy atom. The number of H-pyrrole nitrogens is 1. The summed E-state index contributed by atoms with van der Waals surface area (Å²) in [6, 6.07) is 4.90. The third kappa shape index (κ3) is 2.55. The number of benzene rings is 1. The highest BCUT2D eigenvalue weighted by Gasteiger charge is 2.14. The molecule has 0 aliphatic carbocycles. The molecule has 8 heteroatoms. The number of aromatic amines is 1. The second-order valence-electron chi connectivity index (χ2n) is 3.23. The minimum atomic E-state index is -0.443. The van der Waals surface area contributed by atoms with Crippen molar-refractivity contribution in [3.63, 3.8) is 0 Å². The number of hydrogen-bond acceptors (Lipinski definition) is 4. The van der Waals surface area contributed by atoms with Crippen LogP contribution < -0.4 is 10.1 Å². The number of carbonyl (C=O) groups excluding carboxylic acids is 1. The summed E-state index contributed by atoms with van der Waals surface area (Å²) in [5.41, 5.74) is 0.250. The summed E-state index contributed by atoms with van der Waals surface area (Å²) < 4.78 is 4.77. The van der Waals surface area contributed by atoms with E-state index in [0.717, 1.165) is 0 Å². The topological polar surface area (TPSA) is 79.9 Å². The van der Waals surface area contributed by atoms with Crippen LogP contribution in [0.4, 0.5) is 5.95 Å². The highest BCUT2D eigenvalue weighted by Crippen LogP contribution is 2.25. The van der Waals surface area contributed by atoms with Crippen LogP contribution in [0.1, 0.15) is 10.4 Å². The van der Waals surface area contributed by atoms with Gasteiger partial charge in [-0.1, -0.05) is 29.3 Å². The molecule has 0 saturated carbocycles. The lowest BCUT2D eigenvalue weighted by molar-refractivity contribution is 0.102. The smallest absolute Gasteiger partial charge is 0.336 e. The second-order valence-corrected chi connectivity index (χ2v) is 4.01. The van der Waals surface area contributed by atoms with E-state index in [2.05, 4.69) is 20.5 Å². The molecule has 6 nitrogen and oxygen atoms in total. The molecule has 2 N–H and O–H groups in total. The summed E-state index contributed by atoms with van der Waals surface area (Å²) in [6.45, 7) is 0. The number of methoxy groups -OCH3 is 1. The maximum absolute atomic E-state index is 11.9. The highest BCUT2D eigenvalue weighted by atomic mass is 35.5. The molecule has 0 aliphatic rings. The van der Waals surface area contributed by atoms with Crippen LogP contribution in [0.25, 0.3) is 0 Å². The molecule has 2 aromatic rings. The molecule has 0 atom stereocenters.